The van der Waals surface area contributed by atoms with Crippen molar-refractivity contribution in [2.45, 2.75) is 25.6 Å². The van der Waals surface area contributed by atoms with Crippen LogP contribution in [0.25, 0.3) is 0 Å². The lowest BCUT2D eigenvalue weighted by molar-refractivity contribution is 0.791. The normalized spacial score (nSPS) is 20.8. The summed E-state index contributed by atoms with van der Waals surface area (Å²) >= 11 is 6.04. The number of fused-ring (bicyclic) bond motifs is 1. The van der Waals surface area contributed by atoms with Crippen LogP contribution in [0.5, 0.6) is 0 Å². The molecule has 0 amide bonds. The van der Waals surface area contributed by atoms with Gasteiger partial charge in [-0.3, -0.25) is 0 Å². The van der Waals surface area contributed by atoms with Crippen LogP contribution < -0.4 is 0 Å². The van der Waals surface area contributed by atoms with Crippen molar-refractivity contribution in [1.29, 1.82) is 0 Å². The highest BCUT2D eigenvalue weighted by atomic mass is 35.5. The van der Waals surface area contributed by atoms with Crippen LogP contribution in [0.4, 0.5) is 0 Å². The lowest BCUT2D eigenvalue weighted by Crippen LogP contribution is -2.14. The van der Waals surface area contributed by atoms with Crippen molar-refractivity contribution >= 4 is 11.6 Å². The second kappa shape index (κ2) is 2.25. The van der Waals surface area contributed by atoms with Crippen LogP contribution in [-0.4, -0.2) is 0 Å². The van der Waals surface area contributed by atoms with Gasteiger partial charge in [-0.1, -0.05) is 17.7 Å². The molecular formula is C10H11Cl. The minimum Gasteiger partial charge on any atom is -0.117 e. The number of alkyl halides is 1. The van der Waals surface area contributed by atoms with Gasteiger partial charge in [-0.05, 0) is 37.0 Å². The zero-order valence-corrected chi connectivity index (χ0v) is 7.57. The molecule has 11 heavy (non-hydrogen) atoms. The molecule has 1 heteroatoms. The zero-order chi connectivity index (χ0) is 8.01. The average molecular weight is 167 g/mol. The molecule has 1 aliphatic carbocycles. The Kier molecular flexibility index (Phi) is 1.47. The minimum absolute atomic E-state index is 0.283. The molecule has 1 aromatic carbocycles. The molecule has 0 N–H and O–H groups in total. The van der Waals surface area contributed by atoms with Gasteiger partial charge in [0.1, 0.15) is 0 Å². The van der Waals surface area contributed by atoms with E-state index in [4.69, 9.17) is 11.6 Å². The van der Waals surface area contributed by atoms with Gasteiger partial charge in [-0.15, -0.1) is 11.6 Å². The molecular weight excluding hydrogens is 156 g/mol. The third kappa shape index (κ3) is 0.970. The first-order chi connectivity index (χ1) is 5.18. The zero-order valence-electron chi connectivity index (χ0n) is 6.82. The van der Waals surface area contributed by atoms with Gasteiger partial charge in [0.05, 0.1) is 5.38 Å². The number of aryl methyl sites for hydroxylation is 2. The molecule has 0 saturated heterocycles. The summed E-state index contributed by atoms with van der Waals surface area (Å²) in [5, 5.41) is 0.283. The monoisotopic (exact) mass is 166 g/mol. The first-order valence-corrected chi connectivity index (χ1v) is 4.36. The molecule has 58 valence electrons. The Hall–Kier alpha value is -0.490. The van der Waals surface area contributed by atoms with Crippen LogP contribution in [0.1, 0.15) is 27.6 Å². The van der Waals surface area contributed by atoms with Gasteiger partial charge in [0.25, 0.3) is 0 Å². The number of hydrogen-bond acceptors (Lipinski definition) is 0. The van der Waals surface area contributed by atoms with Crippen molar-refractivity contribution in [3.8, 4) is 0 Å². The highest BCUT2D eigenvalue weighted by Crippen LogP contribution is 2.40. The van der Waals surface area contributed by atoms with E-state index in [0.717, 1.165) is 6.42 Å². The maximum atomic E-state index is 6.04. The summed E-state index contributed by atoms with van der Waals surface area (Å²) in [6.45, 7) is 4.27. The second-order valence-electron chi connectivity index (χ2n) is 3.33. The van der Waals surface area contributed by atoms with Gasteiger partial charge < -0.3 is 0 Å². The third-order valence-electron chi connectivity index (χ3n) is 2.33. The Morgan fingerprint density at radius 3 is 2.64 bits per heavy atom. The number of benzene rings is 1. The van der Waals surface area contributed by atoms with E-state index in [1.54, 1.807) is 0 Å². The maximum absolute atomic E-state index is 6.04. The fourth-order valence-corrected chi connectivity index (χ4v) is 2.33. The molecule has 1 aliphatic rings. The molecule has 1 atom stereocenters. The SMILES string of the molecule is Cc1cc(C)c2c(c1)C[C@H]2Cl. The summed E-state index contributed by atoms with van der Waals surface area (Å²) in [6.07, 6.45) is 1.05. The predicted molar refractivity (Wildman–Crippen MR) is 48.2 cm³/mol. The Morgan fingerprint density at radius 2 is 2.09 bits per heavy atom. The van der Waals surface area contributed by atoms with Gasteiger partial charge in [0.15, 0.2) is 0 Å². The number of hydrogen-bond donors (Lipinski definition) is 0. The summed E-state index contributed by atoms with van der Waals surface area (Å²) < 4.78 is 0. The van der Waals surface area contributed by atoms with Crippen molar-refractivity contribution in [2.24, 2.45) is 0 Å². The average Bonchev–Trinajstić information content (AvgIpc) is 1.83. The molecule has 0 fully saturated rings. The molecule has 0 unspecified atom stereocenters. The van der Waals surface area contributed by atoms with Gasteiger partial charge in [-0.25, -0.2) is 0 Å². The van der Waals surface area contributed by atoms with E-state index < -0.39 is 0 Å². The molecule has 0 bridgehead atoms. The standard InChI is InChI=1S/C10H11Cl/c1-6-3-7(2)10-8(4-6)5-9(10)11/h3-4,9H,5H2,1-2H3/t9-/m1/s1. The molecule has 0 spiro atoms. The van der Waals surface area contributed by atoms with E-state index in [1.165, 1.54) is 22.3 Å². The van der Waals surface area contributed by atoms with Crippen molar-refractivity contribution in [3.63, 3.8) is 0 Å². The van der Waals surface area contributed by atoms with E-state index >= 15 is 0 Å². The number of halogens is 1. The van der Waals surface area contributed by atoms with Gasteiger partial charge in [0.2, 0.25) is 0 Å². The molecule has 1 aromatic rings. The van der Waals surface area contributed by atoms with Crippen LogP contribution >= 0.6 is 11.6 Å². The molecule has 0 aromatic heterocycles. The van der Waals surface area contributed by atoms with E-state index in [-0.39, 0.29) is 5.38 Å². The van der Waals surface area contributed by atoms with E-state index in [9.17, 15) is 0 Å². The lowest BCUT2D eigenvalue weighted by Gasteiger charge is -2.27. The smallest absolute Gasteiger partial charge is 0.0630 e. The predicted octanol–water partition coefficient (Wildman–Crippen LogP) is 3.14. The Balaban J connectivity index is 2.58. The van der Waals surface area contributed by atoms with Crippen molar-refractivity contribution < 1.29 is 0 Å². The molecule has 0 nitrogen and oxygen atoms in total. The Morgan fingerprint density at radius 1 is 1.36 bits per heavy atom. The van der Waals surface area contributed by atoms with Crippen molar-refractivity contribution in [3.05, 3.63) is 34.4 Å². The maximum Gasteiger partial charge on any atom is 0.0630 e. The fourth-order valence-electron chi connectivity index (χ4n) is 1.85. The fraction of sp³-hybridized carbons (Fsp3) is 0.400. The Labute approximate surface area is 72.2 Å². The van der Waals surface area contributed by atoms with E-state index in [2.05, 4.69) is 26.0 Å². The van der Waals surface area contributed by atoms with Crippen molar-refractivity contribution in [1.82, 2.24) is 0 Å². The third-order valence-corrected chi connectivity index (χ3v) is 2.70. The summed E-state index contributed by atoms with van der Waals surface area (Å²) in [5.41, 5.74) is 5.52. The number of rotatable bonds is 0. The minimum atomic E-state index is 0.283. The van der Waals surface area contributed by atoms with Gasteiger partial charge in [-0.2, -0.15) is 0 Å². The quantitative estimate of drug-likeness (QED) is 0.520. The highest BCUT2D eigenvalue weighted by Gasteiger charge is 2.25. The first kappa shape index (κ1) is 7.17. The van der Waals surface area contributed by atoms with E-state index in [1.807, 2.05) is 0 Å². The summed E-state index contributed by atoms with van der Waals surface area (Å²) in [5.74, 6) is 0. The Bertz CT molecular complexity index is 285. The first-order valence-electron chi connectivity index (χ1n) is 3.92. The molecule has 0 heterocycles. The second-order valence-corrected chi connectivity index (χ2v) is 3.85. The molecule has 0 saturated carbocycles. The lowest BCUT2D eigenvalue weighted by atomic mass is 9.83. The largest absolute Gasteiger partial charge is 0.117 e. The highest BCUT2D eigenvalue weighted by molar-refractivity contribution is 6.22. The van der Waals surface area contributed by atoms with E-state index in [0.29, 0.717) is 0 Å². The van der Waals surface area contributed by atoms with Crippen LogP contribution in [0.15, 0.2) is 12.1 Å². The summed E-state index contributed by atoms with van der Waals surface area (Å²) in [6, 6.07) is 4.44. The van der Waals surface area contributed by atoms with Gasteiger partial charge in [0, 0.05) is 0 Å². The van der Waals surface area contributed by atoms with Gasteiger partial charge >= 0.3 is 0 Å². The van der Waals surface area contributed by atoms with Crippen LogP contribution in [-0.2, 0) is 6.42 Å². The summed E-state index contributed by atoms with van der Waals surface area (Å²) in [7, 11) is 0. The summed E-state index contributed by atoms with van der Waals surface area (Å²) in [4.78, 5) is 0. The van der Waals surface area contributed by atoms with Crippen LogP contribution in [0.2, 0.25) is 0 Å². The van der Waals surface area contributed by atoms with Crippen LogP contribution in [0.3, 0.4) is 0 Å². The molecule has 0 radical (unpaired) electrons. The molecule has 2 rings (SSSR count). The van der Waals surface area contributed by atoms with Crippen molar-refractivity contribution in [2.75, 3.05) is 0 Å². The van der Waals surface area contributed by atoms with Crippen LogP contribution in [0, 0.1) is 13.8 Å². The molecule has 0 aliphatic heterocycles. The topological polar surface area (TPSA) is 0 Å².